The van der Waals surface area contributed by atoms with Gasteiger partial charge in [0.1, 0.15) is 18.0 Å². The predicted octanol–water partition coefficient (Wildman–Crippen LogP) is 3.86. The molecule has 0 saturated carbocycles. The van der Waals surface area contributed by atoms with E-state index in [1.165, 1.54) is 46.6 Å². The van der Waals surface area contributed by atoms with E-state index in [0.717, 1.165) is 9.87 Å². The van der Waals surface area contributed by atoms with Crippen molar-refractivity contribution in [3.05, 3.63) is 66.2 Å². The van der Waals surface area contributed by atoms with Crippen molar-refractivity contribution < 1.29 is 32.2 Å². The van der Waals surface area contributed by atoms with Crippen molar-refractivity contribution in [1.82, 2.24) is 0 Å². The molecule has 0 atom stereocenters. The summed E-state index contributed by atoms with van der Waals surface area (Å²) >= 11 is 0. The number of carbonyl (C=O) groups is 1. The zero-order chi connectivity index (χ0) is 25.6. The third kappa shape index (κ3) is 5.78. The lowest BCUT2D eigenvalue weighted by molar-refractivity contribution is -0.114. The monoisotopic (exact) mass is 500 g/mol. The fraction of sp³-hybridized carbons (Fsp3) is 0.240. The molecule has 0 saturated heterocycles. The van der Waals surface area contributed by atoms with Gasteiger partial charge in [0, 0.05) is 12.1 Å². The van der Waals surface area contributed by atoms with Crippen LogP contribution in [0.25, 0.3) is 0 Å². The largest absolute Gasteiger partial charge is 0.497 e. The van der Waals surface area contributed by atoms with E-state index in [-0.39, 0.29) is 10.6 Å². The predicted molar refractivity (Wildman–Crippen MR) is 133 cm³/mol. The Bertz CT molecular complexity index is 1290. The van der Waals surface area contributed by atoms with Crippen LogP contribution in [-0.4, -0.2) is 49.3 Å². The van der Waals surface area contributed by atoms with E-state index in [2.05, 4.69) is 5.32 Å². The third-order valence-electron chi connectivity index (χ3n) is 5.23. The molecule has 3 aromatic rings. The second-order valence-corrected chi connectivity index (χ2v) is 9.34. The van der Waals surface area contributed by atoms with Crippen molar-refractivity contribution in [1.29, 1.82) is 0 Å². The number of hydrogen-bond acceptors (Lipinski definition) is 7. The minimum absolute atomic E-state index is 0.0504. The maximum atomic E-state index is 13.7. The highest BCUT2D eigenvalue weighted by Crippen LogP contribution is 2.33. The Morgan fingerprint density at radius 3 is 2.06 bits per heavy atom. The molecule has 9 nitrogen and oxygen atoms in total. The first-order valence-corrected chi connectivity index (χ1v) is 12.0. The number of ether oxygens (including phenoxy) is 4. The molecule has 3 rings (SSSR count). The quantitative estimate of drug-likeness (QED) is 0.451. The number of methoxy groups -OCH3 is 4. The fourth-order valence-electron chi connectivity index (χ4n) is 3.35. The Hall–Kier alpha value is -3.92. The number of nitrogens with zero attached hydrogens (tertiary/aromatic N) is 1. The Morgan fingerprint density at radius 1 is 0.800 bits per heavy atom. The van der Waals surface area contributed by atoms with Gasteiger partial charge in [-0.1, -0.05) is 17.7 Å². The molecule has 0 bridgehead atoms. The number of aryl methyl sites for hydroxylation is 1. The summed E-state index contributed by atoms with van der Waals surface area (Å²) in [7, 11) is 1.71. The highest BCUT2D eigenvalue weighted by atomic mass is 32.2. The van der Waals surface area contributed by atoms with Crippen LogP contribution in [0.4, 0.5) is 11.4 Å². The molecule has 0 fully saturated rings. The van der Waals surface area contributed by atoms with Gasteiger partial charge < -0.3 is 24.3 Å². The van der Waals surface area contributed by atoms with Crippen LogP contribution in [0.15, 0.2) is 65.6 Å². The lowest BCUT2D eigenvalue weighted by Crippen LogP contribution is -2.38. The summed E-state index contributed by atoms with van der Waals surface area (Å²) in [6, 6.07) is 16.0. The van der Waals surface area contributed by atoms with E-state index in [4.69, 9.17) is 18.9 Å². The summed E-state index contributed by atoms with van der Waals surface area (Å²) in [5, 5.41) is 2.72. The first kappa shape index (κ1) is 25.7. The topological polar surface area (TPSA) is 103 Å². The molecule has 0 heterocycles. The molecule has 0 aliphatic heterocycles. The Kier molecular flexibility index (Phi) is 8.08. The average Bonchev–Trinajstić information content (AvgIpc) is 2.87. The standard InChI is InChI=1S/C25H28N2O7S/c1-17-6-8-18(9-7-17)27(35(29,30)20-11-13-22(32-3)24(15-20)34-5)16-25(28)26-21-12-10-19(31-2)14-23(21)33-4/h6-15H,16H2,1-5H3,(H,26,28). The Morgan fingerprint density at radius 2 is 1.46 bits per heavy atom. The molecule has 3 aromatic carbocycles. The molecular formula is C25H28N2O7S. The van der Waals surface area contributed by atoms with E-state index in [0.29, 0.717) is 28.6 Å². The molecule has 35 heavy (non-hydrogen) atoms. The van der Waals surface area contributed by atoms with Crippen LogP contribution in [-0.2, 0) is 14.8 Å². The van der Waals surface area contributed by atoms with Crippen molar-refractivity contribution in [2.24, 2.45) is 0 Å². The minimum atomic E-state index is -4.15. The smallest absolute Gasteiger partial charge is 0.264 e. The molecule has 186 valence electrons. The normalized spacial score (nSPS) is 10.9. The zero-order valence-corrected chi connectivity index (χ0v) is 21.0. The summed E-state index contributed by atoms with van der Waals surface area (Å²) < 4.78 is 49.4. The maximum Gasteiger partial charge on any atom is 0.264 e. The van der Waals surface area contributed by atoms with Crippen LogP contribution in [0.3, 0.4) is 0 Å². The summed E-state index contributed by atoms with van der Waals surface area (Å²) in [6.07, 6.45) is 0. The van der Waals surface area contributed by atoms with Crippen molar-refractivity contribution in [3.8, 4) is 23.0 Å². The Labute approximate surface area is 205 Å². The van der Waals surface area contributed by atoms with Gasteiger partial charge in [-0.2, -0.15) is 0 Å². The second-order valence-electron chi connectivity index (χ2n) is 7.48. The van der Waals surface area contributed by atoms with Crippen LogP contribution in [0.1, 0.15) is 5.56 Å². The van der Waals surface area contributed by atoms with Crippen molar-refractivity contribution >= 4 is 27.3 Å². The lowest BCUT2D eigenvalue weighted by Gasteiger charge is -2.25. The summed E-state index contributed by atoms with van der Waals surface area (Å²) in [4.78, 5) is 13.0. The number of anilines is 2. The molecule has 0 aliphatic carbocycles. The van der Waals surface area contributed by atoms with Gasteiger partial charge in [0.15, 0.2) is 11.5 Å². The van der Waals surface area contributed by atoms with Gasteiger partial charge in [-0.05, 0) is 43.3 Å². The maximum absolute atomic E-state index is 13.7. The third-order valence-corrected chi connectivity index (χ3v) is 7.00. The molecule has 1 N–H and O–H groups in total. The van der Waals surface area contributed by atoms with Gasteiger partial charge in [-0.3, -0.25) is 9.10 Å². The number of sulfonamides is 1. The van der Waals surface area contributed by atoms with Gasteiger partial charge in [0.05, 0.1) is 44.7 Å². The van der Waals surface area contributed by atoms with Crippen LogP contribution in [0.2, 0.25) is 0 Å². The molecule has 0 aliphatic rings. The molecule has 0 unspecified atom stereocenters. The lowest BCUT2D eigenvalue weighted by atomic mass is 10.2. The van der Waals surface area contributed by atoms with E-state index >= 15 is 0 Å². The van der Waals surface area contributed by atoms with Crippen LogP contribution in [0, 0.1) is 6.92 Å². The summed E-state index contributed by atoms with van der Waals surface area (Å²) in [6.45, 7) is 1.41. The van der Waals surface area contributed by atoms with E-state index in [1.807, 2.05) is 6.92 Å². The Balaban J connectivity index is 1.98. The van der Waals surface area contributed by atoms with E-state index in [1.54, 1.807) is 42.5 Å². The van der Waals surface area contributed by atoms with Crippen LogP contribution >= 0.6 is 0 Å². The SMILES string of the molecule is COc1ccc(NC(=O)CN(c2ccc(C)cc2)S(=O)(=O)c2ccc(OC)c(OC)c2)c(OC)c1. The van der Waals surface area contributed by atoms with Crippen molar-refractivity contribution in [2.45, 2.75) is 11.8 Å². The molecule has 1 amide bonds. The van der Waals surface area contributed by atoms with Gasteiger partial charge >= 0.3 is 0 Å². The van der Waals surface area contributed by atoms with Gasteiger partial charge in [0.2, 0.25) is 5.91 Å². The van der Waals surface area contributed by atoms with Gasteiger partial charge in [-0.15, -0.1) is 0 Å². The van der Waals surface area contributed by atoms with Crippen LogP contribution < -0.4 is 28.6 Å². The fourth-order valence-corrected chi connectivity index (χ4v) is 4.79. The first-order valence-electron chi connectivity index (χ1n) is 10.6. The summed E-state index contributed by atoms with van der Waals surface area (Å²) in [5.74, 6) is 1.01. The molecule has 0 spiro atoms. The number of carbonyl (C=O) groups excluding carboxylic acids is 1. The molecule has 0 aromatic heterocycles. The average molecular weight is 501 g/mol. The highest BCUT2D eigenvalue weighted by Gasteiger charge is 2.28. The number of amides is 1. The highest BCUT2D eigenvalue weighted by molar-refractivity contribution is 7.92. The van der Waals surface area contributed by atoms with E-state index in [9.17, 15) is 13.2 Å². The molecular weight excluding hydrogens is 472 g/mol. The van der Waals surface area contributed by atoms with Gasteiger partial charge in [0.25, 0.3) is 10.0 Å². The van der Waals surface area contributed by atoms with Crippen molar-refractivity contribution in [2.75, 3.05) is 44.6 Å². The minimum Gasteiger partial charge on any atom is -0.497 e. The molecule has 0 radical (unpaired) electrons. The molecule has 10 heteroatoms. The number of benzene rings is 3. The number of nitrogens with one attached hydrogen (secondary N) is 1. The first-order chi connectivity index (χ1) is 16.7. The number of hydrogen-bond donors (Lipinski definition) is 1. The summed E-state index contributed by atoms with van der Waals surface area (Å²) in [5.41, 5.74) is 1.66. The van der Waals surface area contributed by atoms with Crippen LogP contribution in [0.5, 0.6) is 23.0 Å². The zero-order valence-electron chi connectivity index (χ0n) is 20.2. The number of rotatable bonds is 10. The van der Waals surface area contributed by atoms with E-state index < -0.39 is 22.5 Å². The second kappa shape index (κ2) is 11.0. The van der Waals surface area contributed by atoms with Gasteiger partial charge in [-0.25, -0.2) is 8.42 Å². The van der Waals surface area contributed by atoms with Crippen molar-refractivity contribution in [3.63, 3.8) is 0 Å².